The molecule has 5 heteroatoms. The summed E-state index contributed by atoms with van der Waals surface area (Å²) >= 11 is 0. The molecule has 1 saturated heterocycles. The van der Waals surface area contributed by atoms with Crippen molar-refractivity contribution in [3.8, 4) is 0 Å². The number of likely N-dealkylation sites (tertiary alicyclic amines) is 1. The van der Waals surface area contributed by atoms with Gasteiger partial charge in [-0.3, -0.25) is 4.79 Å². The molecule has 0 aromatic heterocycles. The monoisotopic (exact) mass is 243 g/mol. The Hall–Kier alpha value is -0.650. The molecule has 1 unspecified atom stereocenters. The lowest BCUT2D eigenvalue weighted by molar-refractivity contribution is -0.139. The fourth-order valence-electron chi connectivity index (χ4n) is 2.20. The van der Waals surface area contributed by atoms with Crippen molar-refractivity contribution < 1.29 is 9.90 Å². The lowest BCUT2D eigenvalue weighted by atomic mass is 10.2. The normalized spacial score (nSPS) is 18.8. The highest BCUT2D eigenvalue weighted by molar-refractivity contribution is 5.73. The van der Waals surface area contributed by atoms with Crippen LogP contribution in [0.3, 0.4) is 0 Å². The van der Waals surface area contributed by atoms with Gasteiger partial charge in [0.25, 0.3) is 0 Å². The summed E-state index contributed by atoms with van der Waals surface area (Å²) in [5.74, 6) is -0.764. The molecule has 0 spiro atoms. The van der Waals surface area contributed by atoms with Crippen LogP contribution < -0.4 is 5.32 Å². The average molecular weight is 243 g/mol. The lowest BCUT2D eigenvalue weighted by Crippen LogP contribution is -2.46. The predicted molar refractivity (Wildman–Crippen MR) is 68.3 cm³/mol. The molecule has 0 radical (unpaired) electrons. The maximum absolute atomic E-state index is 11.0. The SMILES string of the molecule is CCNC(CN(C)CCN1CCCC1)C(=O)O. The van der Waals surface area contributed by atoms with E-state index in [0.29, 0.717) is 13.1 Å². The van der Waals surface area contributed by atoms with Gasteiger partial charge in [0.2, 0.25) is 0 Å². The third-order valence-corrected chi connectivity index (χ3v) is 3.24. The first kappa shape index (κ1) is 14.4. The molecule has 1 heterocycles. The summed E-state index contributed by atoms with van der Waals surface area (Å²) in [6, 6.07) is -0.455. The number of carboxylic acids is 1. The molecule has 1 aliphatic heterocycles. The van der Waals surface area contributed by atoms with E-state index in [1.165, 1.54) is 25.9 Å². The van der Waals surface area contributed by atoms with Crippen LogP contribution in [0.25, 0.3) is 0 Å². The van der Waals surface area contributed by atoms with Crippen molar-refractivity contribution in [1.82, 2.24) is 15.1 Å². The van der Waals surface area contributed by atoms with Crippen LogP contribution in [0.5, 0.6) is 0 Å². The largest absolute Gasteiger partial charge is 0.480 e. The molecule has 0 aromatic rings. The second kappa shape index (κ2) is 7.63. The van der Waals surface area contributed by atoms with Gasteiger partial charge in [-0.15, -0.1) is 0 Å². The van der Waals surface area contributed by atoms with Crippen LogP contribution >= 0.6 is 0 Å². The molecule has 1 atom stereocenters. The van der Waals surface area contributed by atoms with E-state index in [1.807, 2.05) is 14.0 Å². The number of nitrogens with one attached hydrogen (secondary N) is 1. The van der Waals surface area contributed by atoms with Gasteiger partial charge in [0.15, 0.2) is 0 Å². The summed E-state index contributed by atoms with van der Waals surface area (Å²) in [5, 5.41) is 12.0. The number of likely N-dealkylation sites (N-methyl/N-ethyl adjacent to an activating group) is 2. The molecule has 0 amide bonds. The molecule has 0 saturated carbocycles. The van der Waals surface area contributed by atoms with Crippen molar-refractivity contribution >= 4 is 5.97 Å². The Kier molecular flexibility index (Phi) is 6.47. The molecule has 1 rings (SSSR count). The summed E-state index contributed by atoms with van der Waals surface area (Å²) in [4.78, 5) is 15.5. The zero-order chi connectivity index (χ0) is 12.7. The van der Waals surface area contributed by atoms with Gasteiger partial charge in [0, 0.05) is 19.6 Å². The first-order valence-corrected chi connectivity index (χ1v) is 6.50. The van der Waals surface area contributed by atoms with Gasteiger partial charge in [0.05, 0.1) is 0 Å². The van der Waals surface area contributed by atoms with Gasteiger partial charge in [-0.2, -0.15) is 0 Å². The number of carboxylic acid groups (broad SMARTS) is 1. The van der Waals surface area contributed by atoms with Gasteiger partial charge in [-0.25, -0.2) is 0 Å². The van der Waals surface area contributed by atoms with E-state index in [0.717, 1.165) is 13.1 Å². The average Bonchev–Trinajstić information content (AvgIpc) is 2.78. The number of aliphatic carboxylic acids is 1. The van der Waals surface area contributed by atoms with E-state index in [-0.39, 0.29) is 0 Å². The first-order valence-electron chi connectivity index (χ1n) is 6.50. The number of hydrogen-bond acceptors (Lipinski definition) is 4. The lowest BCUT2D eigenvalue weighted by Gasteiger charge is -2.24. The Labute approximate surface area is 104 Å². The van der Waals surface area contributed by atoms with E-state index in [4.69, 9.17) is 5.11 Å². The molecular weight excluding hydrogens is 218 g/mol. The quantitative estimate of drug-likeness (QED) is 0.632. The van der Waals surface area contributed by atoms with Crippen LogP contribution in [0.4, 0.5) is 0 Å². The summed E-state index contributed by atoms with van der Waals surface area (Å²) in [7, 11) is 1.99. The molecule has 100 valence electrons. The van der Waals surface area contributed by atoms with Gasteiger partial charge < -0.3 is 20.2 Å². The van der Waals surface area contributed by atoms with Crippen molar-refractivity contribution in [2.75, 3.05) is 46.3 Å². The number of hydrogen-bond donors (Lipinski definition) is 2. The fraction of sp³-hybridized carbons (Fsp3) is 0.917. The molecule has 0 aliphatic carbocycles. The molecule has 1 aliphatic rings. The predicted octanol–water partition coefficient (Wildman–Crippen LogP) is 0.0767. The van der Waals surface area contributed by atoms with Gasteiger partial charge in [-0.1, -0.05) is 6.92 Å². The third kappa shape index (κ3) is 5.48. The van der Waals surface area contributed by atoms with Gasteiger partial charge in [0.1, 0.15) is 6.04 Å². The summed E-state index contributed by atoms with van der Waals surface area (Å²) in [6.45, 7) is 7.57. The fourth-order valence-corrected chi connectivity index (χ4v) is 2.20. The maximum Gasteiger partial charge on any atom is 0.322 e. The Morgan fingerprint density at radius 3 is 2.65 bits per heavy atom. The highest BCUT2D eigenvalue weighted by atomic mass is 16.4. The van der Waals surface area contributed by atoms with Crippen LogP contribution in [0, 0.1) is 0 Å². The number of carbonyl (C=O) groups is 1. The van der Waals surface area contributed by atoms with Crippen molar-refractivity contribution in [1.29, 1.82) is 0 Å². The summed E-state index contributed by atoms with van der Waals surface area (Å²) in [6.07, 6.45) is 2.61. The van der Waals surface area contributed by atoms with Gasteiger partial charge >= 0.3 is 5.97 Å². The molecule has 0 aromatic carbocycles. The van der Waals surface area contributed by atoms with E-state index in [1.54, 1.807) is 0 Å². The molecular formula is C12H25N3O2. The topological polar surface area (TPSA) is 55.8 Å². The highest BCUT2D eigenvalue weighted by Crippen LogP contribution is 2.06. The smallest absolute Gasteiger partial charge is 0.322 e. The minimum Gasteiger partial charge on any atom is -0.480 e. The van der Waals surface area contributed by atoms with Crippen molar-refractivity contribution in [2.45, 2.75) is 25.8 Å². The second-order valence-electron chi connectivity index (χ2n) is 4.76. The third-order valence-electron chi connectivity index (χ3n) is 3.24. The number of rotatable bonds is 8. The minimum atomic E-state index is -0.764. The van der Waals surface area contributed by atoms with E-state index >= 15 is 0 Å². The zero-order valence-electron chi connectivity index (χ0n) is 11.0. The van der Waals surface area contributed by atoms with E-state index < -0.39 is 12.0 Å². The van der Waals surface area contributed by atoms with Crippen molar-refractivity contribution in [2.24, 2.45) is 0 Å². The van der Waals surface area contributed by atoms with Crippen LogP contribution in [0.15, 0.2) is 0 Å². The zero-order valence-corrected chi connectivity index (χ0v) is 11.0. The Balaban J connectivity index is 2.21. The Morgan fingerprint density at radius 2 is 2.12 bits per heavy atom. The minimum absolute atomic E-state index is 0.455. The summed E-state index contributed by atoms with van der Waals surface area (Å²) in [5.41, 5.74) is 0. The Morgan fingerprint density at radius 1 is 1.47 bits per heavy atom. The maximum atomic E-state index is 11.0. The molecule has 5 nitrogen and oxygen atoms in total. The molecule has 2 N–H and O–H groups in total. The van der Waals surface area contributed by atoms with Crippen LogP contribution in [0.1, 0.15) is 19.8 Å². The first-order chi connectivity index (χ1) is 8.13. The van der Waals surface area contributed by atoms with Crippen molar-refractivity contribution in [3.63, 3.8) is 0 Å². The van der Waals surface area contributed by atoms with Gasteiger partial charge in [-0.05, 0) is 39.5 Å². The van der Waals surface area contributed by atoms with Crippen LogP contribution in [0.2, 0.25) is 0 Å². The standard InChI is InChI=1S/C12H25N3O2/c1-3-13-11(12(16)17)10-14(2)8-9-15-6-4-5-7-15/h11,13H,3-10H2,1-2H3,(H,16,17). The summed E-state index contributed by atoms with van der Waals surface area (Å²) < 4.78 is 0. The highest BCUT2D eigenvalue weighted by Gasteiger charge is 2.18. The molecule has 17 heavy (non-hydrogen) atoms. The van der Waals surface area contributed by atoms with Crippen molar-refractivity contribution in [3.05, 3.63) is 0 Å². The molecule has 0 bridgehead atoms. The number of nitrogens with zero attached hydrogens (tertiary/aromatic N) is 2. The molecule has 1 fully saturated rings. The second-order valence-corrected chi connectivity index (χ2v) is 4.76. The van der Waals surface area contributed by atoms with E-state index in [2.05, 4.69) is 15.1 Å². The Bertz CT molecular complexity index is 230. The van der Waals surface area contributed by atoms with Crippen LogP contribution in [-0.4, -0.2) is 73.2 Å². The van der Waals surface area contributed by atoms with Crippen LogP contribution in [-0.2, 0) is 4.79 Å². The van der Waals surface area contributed by atoms with E-state index in [9.17, 15) is 4.79 Å².